The summed E-state index contributed by atoms with van der Waals surface area (Å²) in [5.41, 5.74) is 1.13. The highest BCUT2D eigenvalue weighted by molar-refractivity contribution is 5.48. The van der Waals surface area contributed by atoms with Crippen LogP contribution in [0.3, 0.4) is 0 Å². The summed E-state index contributed by atoms with van der Waals surface area (Å²) < 4.78 is 12.7. The van der Waals surface area contributed by atoms with E-state index in [4.69, 9.17) is 9.47 Å². The normalized spacial score (nSPS) is 12.9. The molecule has 1 N–H and O–H groups in total. The molecule has 3 rings (SSSR count). The predicted octanol–water partition coefficient (Wildman–Crippen LogP) is 1.40. The van der Waals surface area contributed by atoms with Crippen LogP contribution in [0.25, 0.3) is 0 Å². The lowest BCUT2D eigenvalue weighted by atomic mass is 10.2. The van der Waals surface area contributed by atoms with Gasteiger partial charge in [-0.05, 0) is 12.1 Å². The second-order valence-electron chi connectivity index (χ2n) is 4.10. The van der Waals surface area contributed by atoms with Crippen LogP contribution < -0.4 is 14.8 Å². The number of nitrogens with zero attached hydrogens (tertiary/aromatic N) is 2. The first-order valence-corrected chi connectivity index (χ1v) is 5.99. The summed E-state index contributed by atoms with van der Waals surface area (Å²) in [5, 5.41) is 7.52. The Hall–Kier alpha value is -2.01. The van der Waals surface area contributed by atoms with Crippen LogP contribution in [0.1, 0.15) is 5.56 Å². The third kappa shape index (κ3) is 2.31. The third-order valence-corrected chi connectivity index (χ3v) is 2.87. The zero-order chi connectivity index (χ0) is 12.2. The summed E-state index contributed by atoms with van der Waals surface area (Å²) in [6.07, 6.45) is 3.74. The van der Waals surface area contributed by atoms with Crippen molar-refractivity contribution >= 4 is 0 Å². The lowest BCUT2D eigenvalue weighted by Gasteiger charge is -2.07. The van der Waals surface area contributed by atoms with E-state index in [-0.39, 0.29) is 0 Å². The minimum atomic E-state index is 0.319. The summed E-state index contributed by atoms with van der Waals surface area (Å²) in [5.74, 6) is 1.70. The lowest BCUT2D eigenvalue weighted by molar-refractivity contribution is 0.173. The number of ether oxygens (including phenoxy) is 2. The van der Waals surface area contributed by atoms with Crippen molar-refractivity contribution in [1.82, 2.24) is 15.1 Å². The highest BCUT2D eigenvalue weighted by atomic mass is 16.7. The second kappa shape index (κ2) is 5.10. The van der Waals surface area contributed by atoms with Gasteiger partial charge in [0.2, 0.25) is 6.79 Å². The van der Waals surface area contributed by atoms with Crippen molar-refractivity contribution in [3.8, 4) is 11.5 Å². The third-order valence-electron chi connectivity index (χ3n) is 2.87. The number of hydrogen-bond acceptors (Lipinski definition) is 4. The quantitative estimate of drug-likeness (QED) is 0.809. The van der Waals surface area contributed by atoms with E-state index in [0.717, 1.165) is 36.7 Å². The topological polar surface area (TPSA) is 48.3 Å². The Morgan fingerprint density at radius 1 is 1.28 bits per heavy atom. The Kier molecular flexibility index (Phi) is 3.14. The molecule has 5 nitrogen and oxygen atoms in total. The van der Waals surface area contributed by atoms with Gasteiger partial charge < -0.3 is 14.8 Å². The maximum Gasteiger partial charge on any atom is 0.231 e. The van der Waals surface area contributed by atoms with Gasteiger partial charge in [-0.2, -0.15) is 5.10 Å². The van der Waals surface area contributed by atoms with Gasteiger partial charge in [0.15, 0.2) is 11.5 Å². The van der Waals surface area contributed by atoms with Gasteiger partial charge in [0.05, 0.1) is 6.54 Å². The zero-order valence-corrected chi connectivity index (χ0v) is 10.0. The molecule has 2 heterocycles. The van der Waals surface area contributed by atoms with Crippen molar-refractivity contribution < 1.29 is 9.47 Å². The average Bonchev–Trinajstić information content (AvgIpc) is 3.05. The van der Waals surface area contributed by atoms with Crippen LogP contribution in [0.5, 0.6) is 11.5 Å². The minimum Gasteiger partial charge on any atom is -0.454 e. The van der Waals surface area contributed by atoms with Crippen molar-refractivity contribution in [2.75, 3.05) is 13.3 Å². The Morgan fingerprint density at radius 3 is 3.17 bits per heavy atom. The first kappa shape index (κ1) is 11.1. The molecule has 0 unspecified atom stereocenters. The van der Waals surface area contributed by atoms with Gasteiger partial charge >= 0.3 is 0 Å². The van der Waals surface area contributed by atoms with E-state index < -0.39 is 0 Å². The molecule has 2 aromatic rings. The molecule has 0 atom stereocenters. The molecule has 0 saturated heterocycles. The zero-order valence-electron chi connectivity index (χ0n) is 10.0. The average molecular weight is 245 g/mol. The molecule has 5 heteroatoms. The monoisotopic (exact) mass is 245 g/mol. The van der Waals surface area contributed by atoms with Crippen molar-refractivity contribution in [3.05, 3.63) is 42.2 Å². The summed E-state index contributed by atoms with van der Waals surface area (Å²) in [6.45, 7) is 2.82. The molecule has 94 valence electrons. The molecule has 1 aliphatic heterocycles. The van der Waals surface area contributed by atoms with Gasteiger partial charge in [-0.25, -0.2) is 0 Å². The van der Waals surface area contributed by atoms with Crippen LogP contribution in [0, 0.1) is 0 Å². The molecule has 18 heavy (non-hydrogen) atoms. The van der Waals surface area contributed by atoms with E-state index in [2.05, 4.69) is 16.5 Å². The van der Waals surface area contributed by atoms with Crippen LogP contribution >= 0.6 is 0 Å². The van der Waals surface area contributed by atoms with Gasteiger partial charge in [-0.3, -0.25) is 4.68 Å². The number of nitrogens with one attached hydrogen (secondary N) is 1. The highest BCUT2D eigenvalue weighted by Crippen LogP contribution is 2.35. The second-order valence-corrected chi connectivity index (χ2v) is 4.10. The number of fused-ring (bicyclic) bond motifs is 1. The number of hydrogen-bond donors (Lipinski definition) is 1. The van der Waals surface area contributed by atoms with E-state index in [1.807, 2.05) is 29.1 Å². The van der Waals surface area contributed by atoms with Crippen molar-refractivity contribution in [2.24, 2.45) is 0 Å². The maximum absolute atomic E-state index is 5.45. The van der Waals surface area contributed by atoms with Crippen LogP contribution in [0.15, 0.2) is 36.7 Å². The highest BCUT2D eigenvalue weighted by Gasteiger charge is 2.16. The molecular formula is C13H15N3O2. The smallest absolute Gasteiger partial charge is 0.231 e. The molecule has 0 spiro atoms. The first-order valence-electron chi connectivity index (χ1n) is 5.99. The number of aromatic nitrogens is 2. The van der Waals surface area contributed by atoms with Gasteiger partial charge in [-0.15, -0.1) is 0 Å². The molecule has 0 fully saturated rings. The Bertz CT molecular complexity index is 511. The fourth-order valence-corrected chi connectivity index (χ4v) is 1.98. The maximum atomic E-state index is 5.45. The van der Waals surface area contributed by atoms with Crippen molar-refractivity contribution in [3.63, 3.8) is 0 Å². The summed E-state index contributed by atoms with van der Waals surface area (Å²) >= 11 is 0. The van der Waals surface area contributed by atoms with Gasteiger partial charge in [0, 0.05) is 31.0 Å². The molecule has 0 radical (unpaired) electrons. The number of para-hydroxylation sites is 1. The lowest BCUT2D eigenvalue weighted by Crippen LogP contribution is -2.19. The van der Waals surface area contributed by atoms with E-state index >= 15 is 0 Å². The molecule has 0 bridgehead atoms. The molecule has 0 aliphatic carbocycles. The van der Waals surface area contributed by atoms with E-state index in [1.165, 1.54) is 0 Å². The van der Waals surface area contributed by atoms with Crippen LogP contribution in [0.4, 0.5) is 0 Å². The molecular weight excluding hydrogens is 230 g/mol. The summed E-state index contributed by atoms with van der Waals surface area (Å²) in [6, 6.07) is 7.89. The fraction of sp³-hybridized carbons (Fsp3) is 0.308. The first-order chi connectivity index (χ1) is 8.93. The number of rotatable bonds is 5. The molecule has 1 aliphatic rings. The number of benzene rings is 1. The summed E-state index contributed by atoms with van der Waals surface area (Å²) in [4.78, 5) is 0. The standard InChI is InChI=1S/C13H15N3O2/c1-3-11(13-12(4-1)17-10-18-13)9-14-6-8-16-7-2-5-15-16/h1-5,7,14H,6,8-10H2. The summed E-state index contributed by atoms with van der Waals surface area (Å²) in [7, 11) is 0. The Morgan fingerprint density at radius 2 is 2.28 bits per heavy atom. The van der Waals surface area contributed by atoms with Crippen molar-refractivity contribution in [2.45, 2.75) is 13.1 Å². The fourth-order valence-electron chi connectivity index (χ4n) is 1.98. The van der Waals surface area contributed by atoms with Gasteiger partial charge in [-0.1, -0.05) is 12.1 Å². The van der Waals surface area contributed by atoms with Gasteiger partial charge in [0.1, 0.15) is 0 Å². The largest absolute Gasteiger partial charge is 0.454 e. The van der Waals surface area contributed by atoms with Crippen LogP contribution in [0.2, 0.25) is 0 Å². The molecule has 0 amide bonds. The van der Waals surface area contributed by atoms with Crippen LogP contribution in [-0.4, -0.2) is 23.1 Å². The van der Waals surface area contributed by atoms with E-state index in [0.29, 0.717) is 6.79 Å². The molecule has 0 saturated carbocycles. The predicted molar refractivity (Wildman–Crippen MR) is 66.5 cm³/mol. The minimum absolute atomic E-state index is 0.319. The van der Waals surface area contributed by atoms with Crippen LogP contribution in [-0.2, 0) is 13.1 Å². The SMILES string of the molecule is c1cc(CNCCn2cccn2)c2c(c1)OCO2. The van der Waals surface area contributed by atoms with Gasteiger partial charge in [0.25, 0.3) is 0 Å². The van der Waals surface area contributed by atoms with E-state index in [1.54, 1.807) is 6.20 Å². The Balaban J connectivity index is 1.53. The molecule has 1 aromatic heterocycles. The molecule has 1 aromatic carbocycles. The van der Waals surface area contributed by atoms with Crippen molar-refractivity contribution in [1.29, 1.82) is 0 Å². The van der Waals surface area contributed by atoms with E-state index in [9.17, 15) is 0 Å². The Labute approximate surface area is 105 Å².